The summed E-state index contributed by atoms with van der Waals surface area (Å²) in [7, 11) is -1.76. The topological polar surface area (TPSA) is 96.8 Å². The van der Waals surface area contributed by atoms with Gasteiger partial charge in [0.05, 0.1) is 17.3 Å². The molecule has 3 atom stereocenters. The van der Waals surface area contributed by atoms with Gasteiger partial charge in [-0.3, -0.25) is 0 Å². The van der Waals surface area contributed by atoms with E-state index in [0.717, 1.165) is 101 Å². The number of hydrogen-bond donors (Lipinski definition) is 1. The average molecular weight is 692 g/mol. The van der Waals surface area contributed by atoms with Crippen molar-refractivity contribution in [1.82, 2.24) is 19.8 Å². The van der Waals surface area contributed by atoms with Crippen LogP contribution in [0, 0.1) is 23.6 Å². The van der Waals surface area contributed by atoms with Gasteiger partial charge in [0.15, 0.2) is 9.84 Å². The maximum atomic E-state index is 15.1. The van der Waals surface area contributed by atoms with Crippen LogP contribution in [0.5, 0.6) is 0 Å². The summed E-state index contributed by atoms with van der Waals surface area (Å²) < 4.78 is 47.6. The van der Waals surface area contributed by atoms with Crippen molar-refractivity contribution in [3.05, 3.63) is 78.1 Å². The molecule has 11 heteroatoms. The third-order valence-corrected chi connectivity index (χ3v) is 14.1. The zero-order chi connectivity index (χ0) is 34.2. The number of carbonyl (C=O) groups excluding carboxylic acids is 1. The van der Waals surface area contributed by atoms with E-state index >= 15 is 4.39 Å². The molecule has 2 aliphatic heterocycles. The van der Waals surface area contributed by atoms with E-state index in [4.69, 9.17) is 4.74 Å². The Hall–Kier alpha value is -3.44. The number of ether oxygens (including phenoxy) is 1. The van der Waals surface area contributed by atoms with E-state index in [1.165, 1.54) is 13.2 Å². The number of alkyl carbamates (subject to hydrolysis) is 1. The summed E-state index contributed by atoms with van der Waals surface area (Å²) in [5.41, 5.74) is 1.69. The van der Waals surface area contributed by atoms with Crippen molar-refractivity contribution in [2.24, 2.45) is 17.8 Å². The predicted octanol–water partition coefficient (Wildman–Crippen LogP) is 5.83. The predicted molar refractivity (Wildman–Crippen MR) is 188 cm³/mol. The number of carbonyl (C=O) groups is 1. The van der Waals surface area contributed by atoms with Gasteiger partial charge >= 0.3 is 6.09 Å². The summed E-state index contributed by atoms with van der Waals surface area (Å²) >= 11 is 0. The average Bonchev–Trinajstić information content (AvgIpc) is 3.72. The molecular weight excluding hydrogens is 642 g/mol. The van der Waals surface area contributed by atoms with Gasteiger partial charge in [0.2, 0.25) is 0 Å². The second-order valence-electron chi connectivity index (χ2n) is 14.7. The van der Waals surface area contributed by atoms with Crippen LogP contribution in [0.2, 0.25) is 0 Å². The normalized spacial score (nSPS) is 23.6. The first kappa shape index (κ1) is 34.0. The molecular formula is C38H50FN5O4S. The maximum absolute atomic E-state index is 15.1. The molecule has 49 heavy (non-hydrogen) atoms. The Morgan fingerprint density at radius 3 is 2.47 bits per heavy atom. The standard InChI is InChI=1S/C38H50FN5O4S/c1-3-36-40-18-21-43(36)26-38(29-6-4-7-30(39)22-29,34-8-5-9-35(34)41-37(45)48-2)28-16-19-42(20-17-28)23-27-24-44(25-27)31-10-12-32(13-11-31)49(46,47)33-14-15-33/h4,6-7,10-13,18,21-22,27-28,33-35H,3,5,8-9,14-17,19-20,23-26H2,1-2H3,(H,41,45)/t34-,35-,38?/m0/s1. The Kier molecular flexibility index (Phi) is 9.76. The Morgan fingerprint density at radius 1 is 1.04 bits per heavy atom. The van der Waals surface area contributed by atoms with Crippen molar-refractivity contribution in [3.8, 4) is 0 Å². The molecule has 3 aromatic rings. The molecule has 0 bridgehead atoms. The van der Waals surface area contributed by atoms with Crippen molar-refractivity contribution < 1.29 is 22.3 Å². The third-order valence-electron chi connectivity index (χ3n) is 11.9. The van der Waals surface area contributed by atoms with Crippen LogP contribution in [0.25, 0.3) is 0 Å². The number of halogens is 1. The monoisotopic (exact) mass is 691 g/mol. The number of rotatable bonds is 12. The van der Waals surface area contributed by atoms with Crippen LogP contribution < -0.4 is 10.2 Å². The lowest BCUT2D eigenvalue weighted by atomic mass is 9.58. The van der Waals surface area contributed by atoms with Crippen molar-refractivity contribution in [1.29, 1.82) is 0 Å². The van der Waals surface area contributed by atoms with Crippen LogP contribution in [0.3, 0.4) is 0 Å². The Balaban J connectivity index is 1.07. The molecule has 4 aliphatic rings. The molecule has 4 fully saturated rings. The second kappa shape index (κ2) is 14.1. The number of nitrogens with zero attached hydrogens (tertiary/aromatic N) is 4. The summed E-state index contributed by atoms with van der Waals surface area (Å²) in [6.07, 6.45) is 10.7. The molecule has 2 aromatic carbocycles. The Morgan fingerprint density at radius 2 is 1.80 bits per heavy atom. The van der Waals surface area contributed by atoms with Gasteiger partial charge < -0.3 is 24.4 Å². The first-order valence-electron chi connectivity index (χ1n) is 18.1. The number of sulfone groups is 1. The number of anilines is 1. The lowest BCUT2D eigenvalue weighted by Crippen LogP contribution is -2.56. The minimum atomic E-state index is -3.17. The van der Waals surface area contributed by atoms with Crippen LogP contribution >= 0.6 is 0 Å². The fraction of sp³-hybridized carbons (Fsp3) is 0.579. The van der Waals surface area contributed by atoms with E-state index in [2.05, 4.69) is 43.9 Å². The van der Waals surface area contributed by atoms with Crippen molar-refractivity contribution in [2.75, 3.05) is 44.7 Å². The lowest BCUT2D eigenvalue weighted by Gasteiger charge is -2.51. The smallest absolute Gasteiger partial charge is 0.407 e. The highest BCUT2D eigenvalue weighted by Crippen LogP contribution is 2.52. The fourth-order valence-corrected chi connectivity index (χ4v) is 10.9. The number of methoxy groups -OCH3 is 1. The maximum Gasteiger partial charge on any atom is 0.407 e. The number of amides is 1. The third kappa shape index (κ3) is 6.85. The zero-order valence-electron chi connectivity index (χ0n) is 28.8. The molecule has 1 unspecified atom stereocenters. The van der Waals surface area contributed by atoms with Gasteiger partial charge in [0, 0.05) is 68.1 Å². The largest absolute Gasteiger partial charge is 0.453 e. The summed E-state index contributed by atoms with van der Waals surface area (Å²) in [6, 6.07) is 14.6. The minimum absolute atomic E-state index is 0.0637. The summed E-state index contributed by atoms with van der Waals surface area (Å²) in [6.45, 7) is 7.70. The molecule has 0 radical (unpaired) electrons. The van der Waals surface area contributed by atoms with Crippen LogP contribution in [0.15, 0.2) is 65.8 Å². The number of aryl methyl sites for hydroxylation is 1. The van der Waals surface area contributed by atoms with Gasteiger partial charge in [-0.2, -0.15) is 0 Å². The van der Waals surface area contributed by atoms with Crippen LogP contribution in [0.4, 0.5) is 14.9 Å². The molecule has 0 spiro atoms. The van der Waals surface area contributed by atoms with Crippen LogP contribution in [-0.4, -0.2) is 80.1 Å². The fourth-order valence-electron chi connectivity index (χ4n) is 9.22. The first-order chi connectivity index (χ1) is 23.7. The number of imidazole rings is 1. The summed E-state index contributed by atoms with van der Waals surface area (Å²) in [5.74, 6) is 1.74. The van der Waals surface area contributed by atoms with Crippen LogP contribution in [-0.2, 0) is 33.0 Å². The van der Waals surface area contributed by atoms with E-state index in [-0.39, 0.29) is 28.9 Å². The Bertz CT molecular complexity index is 1710. The van der Waals surface area contributed by atoms with Crippen molar-refractivity contribution >= 4 is 21.6 Å². The number of aromatic nitrogens is 2. The second-order valence-corrected chi connectivity index (χ2v) is 17.0. The number of piperidine rings is 1. The van der Waals surface area contributed by atoms with Gasteiger partial charge in [-0.25, -0.2) is 22.6 Å². The molecule has 3 heterocycles. The molecule has 9 nitrogen and oxygen atoms in total. The number of likely N-dealkylation sites (tertiary alicyclic amines) is 1. The lowest BCUT2D eigenvalue weighted by molar-refractivity contribution is 0.0541. The number of nitrogens with one attached hydrogen (secondary N) is 1. The molecule has 264 valence electrons. The van der Waals surface area contributed by atoms with E-state index in [1.54, 1.807) is 18.2 Å². The number of benzene rings is 2. The quantitative estimate of drug-likeness (QED) is 0.255. The molecule has 1 amide bonds. The summed E-state index contributed by atoms with van der Waals surface area (Å²) in [5, 5.41) is 2.99. The van der Waals surface area contributed by atoms with Gasteiger partial charge in [-0.1, -0.05) is 25.5 Å². The van der Waals surface area contributed by atoms with E-state index < -0.39 is 21.3 Å². The van der Waals surface area contributed by atoms with E-state index in [9.17, 15) is 13.2 Å². The van der Waals surface area contributed by atoms with Gasteiger partial charge in [-0.15, -0.1) is 0 Å². The van der Waals surface area contributed by atoms with Crippen molar-refractivity contribution in [3.63, 3.8) is 0 Å². The van der Waals surface area contributed by atoms with Crippen molar-refractivity contribution in [2.45, 2.75) is 86.4 Å². The van der Waals surface area contributed by atoms with Gasteiger partial charge in [0.25, 0.3) is 0 Å². The highest BCUT2D eigenvalue weighted by molar-refractivity contribution is 7.92. The molecule has 1 N–H and O–H groups in total. The zero-order valence-corrected chi connectivity index (χ0v) is 29.6. The van der Waals surface area contributed by atoms with E-state index in [1.807, 2.05) is 24.4 Å². The number of hydrogen-bond acceptors (Lipinski definition) is 7. The molecule has 2 aliphatic carbocycles. The molecule has 1 aromatic heterocycles. The molecule has 2 saturated carbocycles. The summed E-state index contributed by atoms with van der Waals surface area (Å²) in [4.78, 5) is 22.6. The van der Waals surface area contributed by atoms with Crippen LogP contribution in [0.1, 0.15) is 63.3 Å². The SMILES string of the molecule is CCc1nccn1CC(c1cccc(F)c1)(C1CCN(CC2CN(c3ccc(S(=O)(=O)C4CC4)cc3)C2)CC1)[C@H]1CCC[C@@H]1NC(=O)OC. The van der Waals surface area contributed by atoms with E-state index in [0.29, 0.717) is 17.4 Å². The highest BCUT2D eigenvalue weighted by Gasteiger charge is 2.52. The molecule has 7 rings (SSSR count). The van der Waals surface area contributed by atoms with Gasteiger partial charge in [-0.05, 0) is 105 Å². The minimum Gasteiger partial charge on any atom is -0.453 e. The highest BCUT2D eigenvalue weighted by atomic mass is 32.2. The first-order valence-corrected chi connectivity index (χ1v) is 19.7. The Labute approximate surface area is 290 Å². The molecule has 2 saturated heterocycles. The van der Waals surface area contributed by atoms with Gasteiger partial charge in [0.1, 0.15) is 11.6 Å².